The third-order valence-electron chi connectivity index (χ3n) is 6.92. The summed E-state index contributed by atoms with van der Waals surface area (Å²) in [4.78, 5) is 26.3. The summed E-state index contributed by atoms with van der Waals surface area (Å²) in [5, 5.41) is 3.41. The lowest BCUT2D eigenvalue weighted by Crippen LogP contribution is -2.32. The molecule has 0 radical (unpaired) electrons. The van der Waals surface area contributed by atoms with Gasteiger partial charge >= 0.3 is 6.09 Å². The van der Waals surface area contributed by atoms with Gasteiger partial charge in [-0.1, -0.05) is 0 Å². The smallest absolute Gasteiger partial charge is 0.412 e. The molecule has 41 heavy (non-hydrogen) atoms. The third kappa shape index (κ3) is 5.58. The molecule has 210 valence electrons. The molecule has 9 nitrogen and oxygen atoms in total. The van der Waals surface area contributed by atoms with Crippen molar-refractivity contribution < 1.29 is 28.1 Å². The molecule has 3 aromatic carbocycles. The quantitative estimate of drug-likeness (QED) is 0.223. The van der Waals surface area contributed by atoms with Crippen molar-refractivity contribution in [2.75, 3.05) is 19.5 Å². The van der Waals surface area contributed by atoms with Gasteiger partial charge in [0.05, 0.1) is 41.7 Å². The van der Waals surface area contributed by atoms with E-state index in [-0.39, 0.29) is 5.75 Å². The number of amides is 1. The number of ether oxygens (including phenoxy) is 4. The van der Waals surface area contributed by atoms with Crippen LogP contribution in [0.25, 0.3) is 31.8 Å². The molecule has 0 aliphatic heterocycles. The van der Waals surface area contributed by atoms with Crippen molar-refractivity contribution in [2.24, 2.45) is 0 Å². The maximum Gasteiger partial charge on any atom is 0.412 e. The minimum atomic E-state index is -0.593. The van der Waals surface area contributed by atoms with Crippen LogP contribution in [-0.2, 0) is 4.74 Å². The molecule has 1 amide bonds. The number of carbonyl (C=O) groups is 1. The van der Waals surface area contributed by atoms with Crippen LogP contribution in [0.15, 0.2) is 54.7 Å². The highest BCUT2D eigenvalue weighted by molar-refractivity contribution is 7.21. The summed E-state index contributed by atoms with van der Waals surface area (Å²) in [6.07, 6.45) is 2.06. The molecule has 5 aromatic rings. The van der Waals surface area contributed by atoms with E-state index in [1.165, 1.54) is 17.4 Å². The number of halogens is 1. The van der Waals surface area contributed by atoms with E-state index < -0.39 is 24.1 Å². The van der Waals surface area contributed by atoms with Crippen molar-refractivity contribution >= 4 is 44.4 Å². The molecule has 2 atom stereocenters. The van der Waals surface area contributed by atoms with E-state index in [4.69, 9.17) is 23.9 Å². The highest BCUT2D eigenvalue weighted by Crippen LogP contribution is 2.38. The van der Waals surface area contributed by atoms with Crippen LogP contribution in [0, 0.1) is 12.7 Å². The summed E-state index contributed by atoms with van der Waals surface area (Å²) < 4.78 is 38.1. The van der Waals surface area contributed by atoms with Gasteiger partial charge in [0.15, 0.2) is 11.6 Å². The molecule has 1 N–H and O–H groups in total. The maximum absolute atomic E-state index is 15.2. The fourth-order valence-electron chi connectivity index (χ4n) is 4.93. The first-order valence-electron chi connectivity index (χ1n) is 13.1. The molecule has 0 unspecified atom stereocenters. The Bertz CT molecular complexity index is 1740. The summed E-state index contributed by atoms with van der Waals surface area (Å²) in [7, 11) is 3.12. The SMILES string of the molecule is COc1ccc(NC(=O)O[C@@H]2CCC[C@@H]2Oc2cc3sc(-c4cc(C)cc5nc(OC)cnc45)nc3cc2F)cc1. The molecule has 0 saturated heterocycles. The van der Waals surface area contributed by atoms with Gasteiger partial charge in [-0.3, -0.25) is 5.32 Å². The standard InChI is InChI=1S/C30H27FN4O5S/c1-16-11-19(28-22(12-16)34-27(38-3)15-32-28)29-35-21-13-20(31)25(14-26(21)41-29)39-23-5-4-6-24(23)40-30(36)33-17-7-9-18(37-2)10-8-17/h7-15,23-24H,4-6H2,1-3H3,(H,33,36)/t23-,24+/m0/s1. The van der Waals surface area contributed by atoms with Gasteiger partial charge in [0.2, 0.25) is 5.88 Å². The summed E-state index contributed by atoms with van der Waals surface area (Å²) in [6.45, 7) is 1.97. The zero-order chi connectivity index (χ0) is 28.5. The highest BCUT2D eigenvalue weighted by atomic mass is 32.1. The molecule has 2 heterocycles. The molecule has 0 spiro atoms. The molecular weight excluding hydrogens is 547 g/mol. The Morgan fingerprint density at radius 2 is 1.80 bits per heavy atom. The fourth-order valence-corrected chi connectivity index (χ4v) is 5.92. The monoisotopic (exact) mass is 574 g/mol. The summed E-state index contributed by atoms with van der Waals surface area (Å²) >= 11 is 1.42. The molecule has 1 aliphatic carbocycles. The number of benzene rings is 3. The minimum absolute atomic E-state index is 0.0994. The van der Waals surface area contributed by atoms with E-state index in [1.54, 1.807) is 50.7 Å². The van der Waals surface area contributed by atoms with Crippen LogP contribution in [0.5, 0.6) is 17.4 Å². The van der Waals surface area contributed by atoms with Crippen LogP contribution in [0.2, 0.25) is 0 Å². The average Bonchev–Trinajstić information content (AvgIpc) is 3.58. The van der Waals surface area contributed by atoms with E-state index in [9.17, 15) is 4.79 Å². The molecule has 0 bridgehead atoms. The number of fused-ring (bicyclic) bond motifs is 2. The Morgan fingerprint density at radius 3 is 2.59 bits per heavy atom. The maximum atomic E-state index is 15.2. The van der Waals surface area contributed by atoms with Gasteiger partial charge in [-0.2, -0.15) is 0 Å². The van der Waals surface area contributed by atoms with Crippen LogP contribution >= 0.6 is 11.3 Å². The van der Waals surface area contributed by atoms with Crippen molar-refractivity contribution in [1.82, 2.24) is 15.0 Å². The lowest BCUT2D eigenvalue weighted by atomic mass is 10.1. The van der Waals surface area contributed by atoms with Gasteiger partial charge in [0, 0.05) is 23.4 Å². The first-order chi connectivity index (χ1) is 19.9. The zero-order valence-electron chi connectivity index (χ0n) is 22.6. The Balaban J connectivity index is 1.21. The van der Waals surface area contributed by atoms with Crippen LogP contribution in [-0.4, -0.2) is 47.5 Å². The topological polar surface area (TPSA) is 105 Å². The van der Waals surface area contributed by atoms with Gasteiger partial charge in [-0.15, -0.1) is 11.3 Å². The Labute approximate surface area is 239 Å². The van der Waals surface area contributed by atoms with Gasteiger partial charge < -0.3 is 18.9 Å². The van der Waals surface area contributed by atoms with Crippen LogP contribution in [0.3, 0.4) is 0 Å². The van der Waals surface area contributed by atoms with E-state index in [1.807, 2.05) is 19.1 Å². The third-order valence-corrected chi connectivity index (χ3v) is 7.97. The molecule has 1 saturated carbocycles. The fraction of sp³-hybridized carbons (Fsp3) is 0.267. The zero-order valence-corrected chi connectivity index (χ0v) is 23.5. The Kier molecular flexibility index (Phi) is 7.27. The molecule has 6 rings (SSSR count). The number of thiazole rings is 1. The van der Waals surface area contributed by atoms with Crippen LogP contribution < -0.4 is 19.5 Å². The first-order valence-corrected chi connectivity index (χ1v) is 13.9. The second-order valence-electron chi connectivity index (χ2n) is 9.75. The second-order valence-corrected chi connectivity index (χ2v) is 10.8. The molecular formula is C30H27FN4O5S. The van der Waals surface area contributed by atoms with E-state index >= 15 is 4.39 Å². The second kappa shape index (κ2) is 11.2. The average molecular weight is 575 g/mol. The number of methoxy groups -OCH3 is 2. The van der Waals surface area contributed by atoms with Gasteiger partial charge in [0.1, 0.15) is 23.0 Å². The number of rotatable bonds is 7. The van der Waals surface area contributed by atoms with Crippen LogP contribution in [0.4, 0.5) is 14.9 Å². The number of nitrogens with one attached hydrogen (secondary N) is 1. The number of carbonyl (C=O) groups excluding carboxylic acids is 1. The van der Waals surface area contributed by atoms with Crippen molar-refractivity contribution in [2.45, 2.75) is 38.4 Å². The van der Waals surface area contributed by atoms with E-state index in [2.05, 4.69) is 15.3 Å². The normalized spacial score (nSPS) is 16.6. The van der Waals surface area contributed by atoms with Gasteiger partial charge in [-0.25, -0.2) is 24.1 Å². The van der Waals surface area contributed by atoms with Crippen molar-refractivity contribution in [3.8, 4) is 28.0 Å². The number of aryl methyl sites for hydroxylation is 1. The summed E-state index contributed by atoms with van der Waals surface area (Å²) in [5.41, 5.74) is 4.28. The predicted molar refractivity (Wildman–Crippen MR) is 155 cm³/mol. The highest BCUT2D eigenvalue weighted by Gasteiger charge is 2.33. The first kappa shape index (κ1) is 26.7. The van der Waals surface area contributed by atoms with Crippen LogP contribution in [0.1, 0.15) is 24.8 Å². The molecule has 11 heteroatoms. The molecule has 2 aromatic heterocycles. The summed E-state index contributed by atoms with van der Waals surface area (Å²) in [6, 6.07) is 13.9. The number of hydrogen-bond donors (Lipinski definition) is 1. The Hall–Kier alpha value is -4.51. The van der Waals surface area contributed by atoms with Gasteiger partial charge in [0.25, 0.3) is 0 Å². The minimum Gasteiger partial charge on any atom is -0.497 e. The largest absolute Gasteiger partial charge is 0.497 e. The van der Waals surface area contributed by atoms with Crippen molar-refractivity contribution in [3.63, 3.8) is 0 Å². The van der Waals surface area contributed by atoms with Crippen molar-refractivity contribution in [3.05, 3.63) is 66.1 Å². The lowest BCUT2D eigenvalue weighted by molar-refractivity contribution is 0.0401. The number of nitrogens with zero attached hydrogens (tertiary/aromatic N) is 3. The van der Waals surface area contributed by atoms with Gasteiger partial charge in [-0.05, 0) is 68.1 Å². The Morgan fingerprint density at radius 1 is 1.00 bits per heavy atom. The summed E-state index contributed by atoms with van der Waals surface area (Å²) in [5.74, 6) is 0.681. The van der Waals surface area contributed by atoms with E-state index in [0.717, 1.165) is 22.2 Å². The molecule has 1 aliphatic rings. The predicted octanol–water partition coefficient (Wildman–Crippen LogP) is 6.92. The lowest BCUT2D eigenvalue weighted by Gasteiger charge is -2.22. The number of aromatic nitrogens is 3. The number of hydrogen-bond acceptors (Lipinski definition) is 9. The van der Waals surface area contributed by atoms with Crippen molar-refractivity contribution in [1.29, 1.82) is 0 Å². The number of anilines is 1. The molecule has 1 fully saturated rings. The van der Waals surface area contributed by atoms with E-state index in [0.29, 0.717) is 51.7 Å².